The van der Waals surface area contributed by atoms with Gasteiger partial charge in [-0.05, 0) is 19.6 Å². The molecule has 3 atom stereocenters. The molecule has 112 valence electrons. The molecule has 0 aromatic heterocycles. The van der Waals surface area contributed by atoms with Crippen LogP contribution in [-0.4, -0.2) is 47.7 Å². The van der Waals surface area contributed by atoms with Crippen molar-refractivity contribution in [2.24, 2.45) is 11.8 Å². The monoisotopic (exact) mass is 299 g/mol. The molecule has 0 aliphatic carbocycles. The van der Waals surface area contributed by atoms with Crippen molar-refractivity contribution in [3.63, 3.8) is 0 Å². The zero-order valence-electron chi connectivity index (χ0n) is 12.5. The molecule has 0 radical (unpaired) electrons. The first-order chi connectivity index (χ1) is 9.35. The predicted molar refractivity (Wildman–Crippen MR) is 78.1 cm³/mol. The maximum Gasteiger partial charge on any atom is 0.322 e. The molecule has 0 saturated carbocycles. The summed E-state index contributed by atoms with van der Waals surface area (Å²) in [5.74, 6) is -2.23. The summed E-state index contributed by atoms with van der Waals surface area (Å²) in [6.07, 6.45) is 5.67. The molecule has 1 amide bonds. The van der Waals surface area contributed by atoms with Crippen LogP contribution >= 0.6 is 11.8 Å². The lowest BCUT2D eigenvalue weighted by Gasteiger charge is -2.40. The molecule has 1 aliphatic rings. The second-order valence-corrected chi connectivity index (χ2v) is 5.98. The van der Waals surface area contributed by atoms with E-state index < -0.39 is 22.6 Å². The molecule has 0 fully saturated rings. The van der Waals surface area contributed by atoms with Gasteiger partial charge in [0.2, 0.25) is 5.91 Å². The second kappa shape index (κ2) is 6.43. The molecule has 5 nitrogen and oxygen atoms in total. The zero-order chi connectivity index (χ0) is 15.5. The molecule has 0 saturated heterocycles. The normalized spacial score (nSPS) is 25.2. The fourth-order valence-electron chi connectivity index (χ4n) is 2.68. The largest absolute Gasteiger partial charge is 0.468 e. The van der Waals surface area contributed by atoms with E-state index in [0.29, 0.717) is 6.42 Å². The summed E-state index contributed by atoms with van der Waals surface area (Å²) in [6.45, 7) is 3.25. The molecule has 0 spiro atoms. The van der Waals surface area contributed by atoms with Gasteiger partial charge < -0.3 is 9.64 Å². The van der Waals surface area contributed by atoms with Gasteiger partial charge in [0.25, 0.3) is 0 Å². The number of amides is 1. The van der Waals surface area contributed by atoms with Crippen molar-refractivity contribution in [3.05, 3.63) is 12.3 Å². The molecule has 0 N–H and O–H groups in total. The number of carbonyl (C=O) groups is 3. The van der Waals surface area contributed by atoms with Gasteiger partial charge in [0.05, 0.1) is 7.11 Å². The Balaban J connectivity index is 3.37. The number of ketones is 1. The highest BCUT2D eigenvalue weighted by Gasteiger charge is 2.52. The molecule has 1 unspecified atom stereocenters. The fourth-order valence-corrected chi connectivity index (χ4v) is 3.71. The van der Waals surface area contributed by atoms with E-state index in [2.05, 4.69) is 0 Å². The topological polar surface area (TPSA) is 63.7 Å². The van der Waals surface area contributed by atoms with Crippen LogP contribution in [0.15, 0.2) is 12.3 Å². The highest BCUT2D eigenvalue weighted by molar-refractivity contribution is 8.00. The maximum atomic E-state index is 12.3. The van der Waals surface area contributed by atoms with Crippen LogP contribution in [0.5, 0.6) is 0 Å². The standard InChI is InChI=1S/C14H21NO4S/c1-6-14(20-5,13(18)19-4)10-7-8-15(3)12(17)11(10)9(2)16/h7-8,10-11H,6H2,1-5H3/t10-,11+,14?/m0/s1. The van der Waals surface area contributed by atoms with Crippen molar-refractivity contribution in [2.75, 3.05) is 20.4 Å². The number of hydrogen-bond donors (Lipinski definition) is 0. The summed E-state index contributed by atoms with van der Waals surface area (Å²) in [4.78, 5) is 37.8. The molecule has 0 aromatic carbocycles. The number of rotatable bonds is 5. The molecule has 1 rings (SSSR count). The first kappa shape index (κ1) is 16.8. The second-order valence-electron chi connectivity index (χ2n) is 4.84. The Morgan fingerprint density at radius 3 is 2.50 bits per heavy atom. The molecule has 0 aromatic rings. The third-order valence-electron chi connectivity index (χ3n) is 3.89. The Kier molecular flexibility index (Phi) is 5.39. The first-order valence-corrected chi connectivity index (χ1v) is 7.67. The van der Waals surface area contributed by atoms with Gasteiger partial charge in [-0.2, -0.15) is 0 Å². The van der Waals surface area contributed by atoms with Crippen molar-refractivity contribution in [1.82, 2.24) is 4.90 Å². The van der Waals surface area contributed by atoms with Crippen LogP contribution in [0.4, 0.5) is 0 Å². The van der Waals surface area contributed by atoms with E-state index in [4.69, 9.17) is 4.74 Å². The minimum atomic E-state index is -0.918. The lowest BCUT2D eigenvalue weighted by atomic mass is 9.75. The van der Waals surface area contributed by atoms with Gasteiger partial charge in [-0.1, -0.05) is 13.0 Å². The van der Waals surface area contributed by atoms with E-state index in [1.165, 1.54) is 30.7 Å². The van der Waals surface area contributed by atoms with E-state index in [9.17, 15) is 14.4 Å². The minimum absolute atomic E-state index is 0.230. The molecular formula is C14H21NO4S. The number of carbonyl (C=O) groups excluding carboxylic acids is 3. The number of thioether (sulfide) groups is 1. The van der Waals surface area contributed by atoms with Crippen molar-refractivity contribution < 1.29 is 19.1 Å². The third-order valence-corrected chi connectivity index (χ3v) is 5.34. The molecule has 1 aliphatic heterocycles. The first-order valence-electron chi connectivity index (χ1n) is 6.44. The van der Waals surface area contributed by atoms with E-state index in [1.807, 2.05) is 6.92 Å². The average Bonchev–Trinajstić information content (AvgIpc) is 2.43. The smallest absolute Gasteiger partial charge is 0.322 e. The van der Waals surface area contributed by atoms with Gasteiger partial charge in [-0.3, -0.25) is 14.4 Å². The predicted octanol–water partition coefficient (Wildman–Crippen LogP) is 1.48. The Bertz CT molecular complexity index is 442. The summed E-state index contributed by atoms with van der Waals surface area (Å²) < 4.78 is 3.99. The lowest BCUT2D eigenvalue weighted by Crippen LogP contribution is -2.52. The molecule has 20 heavy (non-hydrogen) atoms. The number of Topliss-reactive ketones (excluding diaryl/α,β-unsaturated/α-hetero) is 1. The summed E-state index contributed by atoms with van der Waals surface area (Å²) in [7, 11) is 2.93. The number of ether oxygens (including phenoxy) is 1. The van der Waals surface area contributed by atoms with Crippen molar-refractivity contribution >= 4 is 29.4 Å². The van der Waals surface area contributed by atoms with Gasteiger partial charge in [0, 0.05) is 19.2 Å². The molecule has 1 heterocycles. The third kappa shape index (κ3) is 2.61. The lowest BCUT2D eigenvalue weighted by molar-refractivity contribution is -0.148. The minimum Gasteiger partial charge on any atom is -0.468 e. The van der Waals surface area contributed by atoms with E-state index >= 15 is 0 Å². The Morgan fingerprint density at radius 2 is 2.10 bits per heavy atom. The Labute approximate surface area is 123 Å². The number of allylic oxidation sites excluding steroid dienone is 1. The van der Waals surface area contributed by atoms with Crippen LogP contribution in [0.2, 0.25) is 0 Å². The summed E-state index contributed by atoms with van der Waals surface area (Å²) >= 11 is 1.33. The fraction of sp³-hybridized carbons (Fsp3) is 0.643. The van der Waals surface area contributed by atoms with Gasteiger partial charge in [0.15, 0.2) is 0 Å². The van der Waals surface area contributed by atoms with Gasteiger partial charge in [0.1, 0.15) is 16.4 Å². The van der Waals surface area contributed by atoms with Crippen molar-refractivity contribution in [3.8, 4) is 0 Å². The van der Waals surface area contributed by atoms with Crippen LogP contribution in [0.3, 0.4) is 0 Å². The van der Waals surface area contributed by atoms with Crippen LogP contribution < -0.4 is 0 Å². The van der Waals surface area contributed by atoms with E-state index in [-0.39, 0.29) is 11.7 Å². The quantitative estimate of drug-likeness (QED) is 0.568. The van der Waals surface area contributed by atoms with Gasteiger partial charge >= 0.3 is 5.97 Å². The van der Waals surface area contributed by atoms with Crippen LogP contribution in [0.25, 0.3) is 0 Å². The van der Waals surface area contributed by atoms with Crippen LogP contribution in [-0.2, 0) is 19.1 Å². The number of esters is 1. The average molecular weight is 299 g/mol. The summed E-state index contributed by atoms with van der Waals surface area (Å²) in [5.41, 5.74) is 0. The highest BCUT2D eigenvalue weighted by atomic mass is 32.2. The van der Waals surface area contributed by atoms with Crippen molar-refractivity contribution in [2.45, 2.75) is 25.0 Å². The van der Waals surface area contributed by atoms with Gasteiger partial charge in [-0.15, -0.1) is 11.8 Å². The molecular weight excluding hydrogens is 278 g/mol. The zero-order valence-corrected chi connectivity index (χ0v) is 13.3. The summed E-state index contributed by atoms with van der Waals surface area (Å²) in [6, 6.07) is 0. The van der Waals surface area contributed by atoms with Crippen molar-refractivity contribution in [1.29, 1.82) is 0 Å². The Morgan fingerprint density at radius 1 is 1.50 bits per heavy atom. The SMILES string of the molecule is CCC(SC)(C(=O)OC)[C@H]1C=CN(C)C(=O)[C@@H]1C(C)=O. The van der Waals surface area contributed by atoms with E-state index in [0.717, 1.165) is 0 Å². The van der Waals surface area contributed by atoms with Crippen LogP contribution in [0.1, 0.15) is 20.3 Å². The van der Waals surface area contributed by atoms with Gasteiger partial charge in [-0.25, -0.2) is 0 Å². The number of methoxy groups -OCH3 is 1. The highest BCUT2D eigenvalue weighted by Crippen LogP contribution is 2.43. The van der Waals surface area contributed by atoms with Crippen LogP contribution in [0, 0.1) is 11.8 Å². The Hall–Kier alpha value is -1.30. The number of nitrogens with zero attached hydrogens (tertiary/aromatic N) is 1. The number of hydrogen-bond acceptors (Lipinski definition) is 5. The molecule has 0 bridgehead atoms. The summed E-state index contributed by atoms with van der Waals surface area (Å²) in [5, 5.41) is 0. The molecule has 6 heteroatoms. The maximum absolute atomic E-state index is 12.3. The van der Waals surface area contributed by atoms with E-state index in [1.54, 1.807) is 25.6 Å².